The number of rotatable bonds is 5. The molecular formula is C12H16ClNO2S. The van der Waals surface area contributed by atoms with Crippen LogP contribution in [0.4, 0.5) is 5.69 Å². The minimum absolute atomic E-state index is 0.155. The van der Waals surface area contributed by atoms with E-state index in [1.54, 1.807) is 19.1 Å². The number of nitrogens with two attached hydrogens (primary N) is 1. The molecule has 1 unspecified atom stereocenters. The topological polar surface area (TPSA) is 52.3 Å². The lowest BCUT2D eigenvalue weighted by Crippen LogP contribution is -2.16. The van der Waals surface area contributed by atoms with Gasteiger partial charge in [-0.2, -0.15) is 0 Å². The van der Waals surface area contributed by atoms with E-state index >= 15 is 0 Å². The highest BCUT2D eigenvalue weighted by molar-refractivity contribution is 7.99. The lowest BCUT2D eigenvalue weighted by Gasteiger charge is -2.11. The summed E-state index contributed by atoms with van der Waals surface area (Å²) < 4.78 is 4.94. The summed E-state index contributed by atoms with van der Waals surface area (Å²) in [6.45, 7) is 4.05. The van der Waals surface area contributed by atoms with Crippen LogP contribution in [0.1, 0.15) is 13.8 Å². The molecule has 0 aliphatic rings. The van der Waals surface area contributed by atoms with Crippen molar-refractivity contribution in [1.29, 1.82) is 0 Å². The smallest absolute Gasteiger partial charge is 0.309 e. The van der Waals surface area contributed by atoms with Crippen LogP contribution in [-0.2, 0) is 9.53 Å². The fraction of sp³-hybridized carbons (Fsp3) is 0.417. The Labute approximate surface area is 111 Å². The zero-order chi connectivity index (χ0) is 12.8. The first-order valence-corrected chi connectivity index (χ1v) is 6.75. The lowest BCUT2D eigenvalue weighted by atomic mass is 10.2. The van der Waals surface area contributed by atoms with E-state index in [0.29, 0.717) is 23.1 Å². The monoisotopic (exact) mass is 273 g/mol. The number of thioether (sulfide) groups is 1. The molecule has 1 rings (SSSR count). The van der Waals surface area contributed by atoms with Crippen molar-refractivity contribution in [2.45, 2.75) is 18.7 Å². The van der Waals surface area contributed by atoms with E-state index in [0.717, 1.165) is 4.90 Å². The molecule has 0 aromatic heterocycles. The molecule has 5 heteroatoms. The van der Waals surface area contributed by atoms with Crippen LogP contribution in [0, 0.1) is 5.92 Å². The molecule has 0 amide bonds. The lowest BCUT2D eigenvalue weighted by molar-refractivity contribution is -0.146. The Hall–Kier alpha value is -0.870. The number of esters is 1. The second-order valence-corrected chi connectivity index (χ2v) is 5.12. The van der Waals surface area contributed by atoms with E-state index in [1.165, 1.54) is 11.8 Å². The van der Waals surface area contributed by atoms with Crippen LogP contribution < -0.4 is 5.73 Å². The average Bonchev–Trinajstić information content (AvgIpc) is 2.30. The van der Waals surface area contributed by atoms with E-state index in [4.69, 9.17) is 22.1 Å². The SMILES string of the molecule is CCOC(=O)C(C)CSc1cc(N)ccc1Cl. The first kappa shape index (κ1) is 14.2. The first-order valence-electron chi connectivity index (χ1n) is 5.39. The number of hydrogen-bond donors (Lipinski definition) is 1. The number of carbonyl (C=O) groups excluding carboxylic acids is 1. The van der Waals surface area contributed by atoms with Crippen LogP contribution in [0.25, 0.3) is 0 Å². The van der Waals surface area contributed by atoms with Crippen molar-refractivity contribution in [3.63, 3.8) is 0 Å². The van der Waals surface area contributed by atoms with Crippen LogP contribution in [0.5, 0.6) is 0 Å². The third-order valence-electron chi connectivity index (χ3n) is 2.13. The Kier molecular flexibility index (Phi) is 5.65. The van der Waals surface area contributed by atoms with Crippen LogP contribution in [0.3, 0.4) is 0 Å². The molecule has 0 bridgehead atoms. The third kappa shape index (κ3) is 4.48. The van der Waals surface area contributed by atoms with E-state index in [1.807, 2.05) is 13.0 Å². The van der Waals surface area contributed by atoms with Gasteiger partial charge in [0.25, 0.3) is 0 Å². The summed E-state index contributed by atoms with van der Waals surface area (Å²) in [5.41, 5.74) is 6.35. The maximum absolute atomic E-state index is 11.4. The largest absolute Gasteiger partial charge is 0.466 e. The summed E-state index contributed by atoms with van der Waals surface area (Å²) >= 11 is 7.54. The van der Waals surface area contributed by atoms with Crippen molar-refractivity contribution in [3.05, 3.63) is 23.2 Å². The second kappa shape index (κ2) is 6.77. The molecule has 1 atom stereocenters. The zero-order valence-electron chi connectivity index (χ0n) is 9.90. The minimum Gasteiger partial charge on any atom is -0.466 e. The van der Waals surface area contributed by atoms with Crippen LogP contribution in [0.15, 0.2) is 23.1 Å². The molecule has 0 saturated carbocycles. The molecule has 0 radical (unpaired) electrons. The molecule has 1 aromatic carbocycles. The van der Waals surface area contributed by atoms with Crippen molar-refractivity contribution >= 4 is 35.0 Å². The molecule has 3 nitrogen and oxygen atoms in total. The Balaban J connectivity index is 2.55. The molecular weight excluding hydrogens is 258 g/mol. The molecule has 0 aliphatic carbocycles. The van der Waals surface area contributed by atoms with Gasteiger partial charge in [0.05, 0.1) is 17.5 Å². The quantitative estimate of drug-likeness (QED) is 0.508. The number of nitrogen functional groups attached to an aromatic ring is 1. The van der Waals surface area contributed by atoms with Crippen molar-refractivity contribution in [2.24, 2.45) is 5.92 Å². The standard InChI is InChI=1S/C12H16ClNO2S/c1-3-16-12(15)8(2)7-17-11-6-9(14)4-5-10(11)13/h4-6,8H,3,7,14H2,1-2H3. The van der Waals surface area contributed by atoms with Crippen molar-refractivity contribution in [2.75, 3.05) is 18.1 Å². The van der Waals surface area contributed by atoms with Gasteiger partial charge in [-0.3, -0.25) is 4.79 Å². The Bertz CT molecular complexity index is 398. The molecule has 0 heterocycles. The third-order valence-corrected chi connectivity index (χ3v) is 3.89. The number of carbonyl (C=O) groups is 1. The number of ether oxygens (including phenoxy) is 1. The first-order chi connectivity index (χ1) is 8.04. The van der Waals surface area contributed by atoms with Crippen molar-refractivity contribution in [3.8, 4) is 0 Å². The van der Waals surface area contributed by atoms with Gasteiger partial charge in [0.1, 0.15) is 0 Å². The molecule has 1 aromatic rings. The average molecular weight is 274 g/mol. The molecule has 17 heavy (non-hydrogen) atoms. The Morgan fingerprint density at radius 2 is 2.29 bits per heavy atom. The molecule has 0 spiro atoms. The minimum atomic E-state index is -0.181. The normalized spacial score (nSPS) is 12.2. The summed E-state index contributed by atoms with van der Waals surface area (Å²) in [6, 6.07) is 5.32. The predicted octanol–water partition coefficient (Wildman–Crippen LogP) is 3.21. The number of benzene rings is 1. The van der Waals surface area contributed by atoms with Crippen LogP contribution >= 0.6 is 23.4 Å². The summed E-state index contributed by atoms with van der Waals surface area (Å²) in [7, 11) is 0. The van der Waals surface area contributed by atoms with Crippen molar-refractivity contribution in [1.82, 2.24) is 0 Å². The summed E-state index contributed by atoms with van der Waals surface area (Å²) in [4.78, 5) is 12.3. The highest BCUT2D eigenvalue weighted by Crippen LogP contribution is 2.30. The van der Waals surface area contributed by atoms with Crippen LogP contribution in [-0.4, -0.2) is 18.3 Å². The van der Waals surface area contributed by atoms with Gasteiger partial charge >= 0.3 is 5.97 Å². The Morgan fingerprint density at radius 1 is 1.59 bits per heavy atom. The summed E-state index contributed by atoms with van der Waals surface area (Å²) in [6.07, 6.45) is 0. The molecule has 2 N–H and O–H groups in total. The van der Waals surface area contributed by atoms with Gasteiger partial charge in [-0.05, 0) is 25.1 Å². The van der Waals surface area contributed by atoms with Gasteiger partial charge in [-0.25, -0.2) is 0 Å². The number of hydrogen-bond acceptors (Lipinski definition) is 4. The van der Waals surface area contributed by atoms with E-state index in [9.17, 15) is 4.79 Å². The maximum atomic E-state index is 11.4. The van der Waals surface area contributed by atoms with Gasteiger partial charge in [-0.1, -0.05) is 18.5 Å². The predicted molar refractivity (Wildman–Crippen MR) is 72.4 cm³/mol. The Morgan fingerprint density at radius 3 is 2.94 bits per heavy atom. The number of anilines is 1. The van der Waals surface area contributed by atoms with Gasteiger partial charge in [0.2, 0.25) is 0 Å². The van der Waals surface area contributed by atoms with Crippen molar-refractivity contribution < 1.29 is 9.53 Å². The van der Waals surface area contributed by atoms with E-state index in [2.05, 4.69) is 0 Å². The molecule has 0 aliphatic heterocycles. The number of halogens is 1. The fourth-order valence-electron chi connectivity index (χ4n) is 1.20. The van der Waals surface area contributed by atoms with Gasteiger partial charge < -0.3 is 10.5 Å². The van der Waals surface area contributed by atoms with Crippen LogP contribution in [0.2, 0.25) is 5.02 Å². The van der Waals surface area contributed by atoms with Gasteiger partial charge in [0.15, 0.2) is 0 Å². The fourth-order valence-corrected chi connectivity index (χ4v) is 2.47. The second-order valence-electron chi connectivity index (χ2n) is 3.65. The summed E-state index contributed by atoms with van der Waals surface area (Å²) in [5, 5.41) is 0.653. The zero-order valence-corrected chi connectivity index (χ0v) is 11.5. The highest BCUT2D eigenvalue weighted by atomic mass is 35.5. The van der Waals surface area contributed by atoms with E-state index < -0.39 is 0 Å². The summed E-state index contributed by atoms with van der Waals surface area (Å²) in [5.74, 6) is 0.291. The van der Waals surface area contributed by atoms with Gasteiger partial charge in [0, 0.05) is 16.3 Å². The van der Waals surface area contributed by atoms with E-state index in [-0.39, 0.29) is 11.9 Å². The molecule has 0 saturated heterocycles. The highest BCUT2D eigenvalue weighted by Gasteiger charge is 2.14. The molecule has 0 fully saturated rings. The van der Waals surface area contributed by atoms with Gasteiger partial charge in [-0.15, -0.1) is 11.8 Å². The maximum Gasteiger partial charge on any atom is 0.309 e. The molecule has 94 valence electrons.